The number of alkyl halides is 3. The molecule has 5 rings (SSSR count). The van der Waals surface area contributed by atoms with Crippen LogP contribution >= 0.6 is 11.8 Å². The van der Waals surface area contributed by atoms with Crippen LogP contribution in [0.3, 0.4) is 0 Å². The highest BCUT2D eigenvalue weighted by Gasteiger charge is 2.31. The zero-order valence-electron chi connectivity index (χ0n) is 25.7. The van der Waals surface area contributed by atoms with E-state index in [1.54, 1.807) is 36.0 Å². The average molecular weight is 648 g/mol. The molecule has 0 spiro atoms. The number of thioether (sulfide) groups is 1. The number of benzene rings is 3. The Bertz CT molecular complexity index is 1760. The SMILES string of the molecule is Cc1cc(C)c(N2C(=NC(=O)NCC(C#N)c3ccc(-c4ncn(-c5ccc(OC(F)(F)F)cc5)n4)cc3)SCCC2C)c(C)c1. The van der Waals surface area contributed by atoms with Crippen LogP contribution in [0.15, 0.2) is 72.0 Å². The fourth-order valence-corrected chi connectivity index (χ4v) is 6.60. The van der Waals surface area contributed by atoms with E-state index in [9.17, 15) is 23.2 Å². The summed E-state index contributed by atoms with van der Waals surface area (Å²) in [5.74, 6) is 0.302. The number of amidine groups is 1. The minimum atomic E-state index is -4.77. The van der Waals surface area contributed by atoms with Crippen LogP contribution in [0, 0.1) is 32.1 Å². The number of nitriles is 1. The Morgan fingerprint density at radius 2 is 1.80 bits per heavy atom. The molecular weight excluding hydrogens is 615 g/mol. The predicted molar refractivity (Wildman–Crippen MR) is 172 cm³/mol. The molecule has 9 nitrogen and oxygen atoms in total. The maximum atomic E-state index is 13.0. The normalized spacial score (nSPS) is 16.6. The summed E-state index contributed by atoms with van der Waals surface area (Å²) in [4.78, 5) is 23.8. The van der Waals surface area contributed by atoms with Gasteiger partial charge in [0.15, 0.2) is 11.0 Å². The zero-order chi connectivity index (χ0) is 33.0. The second-order valence-electron chi connectivity index (χ2n) is 11.0. The summed E-state index contributed by atoms with van der Waals surface area (Å²) in [6, 6.07) is 18.5. The number of urea groups is 1. The second-order valence-corrected chi connectivity index (χ2v) is 12.1. The molecule has 1 aliphatic rings. The Balaban J connectivity index is 1.24. The van der Waals surface area contributed by atoms with Crippen molar-refractivity contribution < 1.29 is 22.7 Å². The van der Waals surface area contributed by atoms with E-state index in [2.05, 4.69) is 75.9 Å². The topological polar surface area (TPSA) is 108 Å². The van der Waals surface area contributed by atoms with Gasteiger partial charge in [-0.15, -0.1) is 18.3 Å². The van der Waals surface area contributed by atoms with Crippen molar-refractivity contribution in [3.8, 4) is 28.9 Å². The van der Waals surface area contributed by atoms with E-state index in [1.165, 1.54) is 40.8 Å². The largest absolute Gasteiger partial charge is 0.573 e. The highest BCUT2D eigenvalue weighted by molar-refractivity contribution is 8.14. The number of nitrogens with one attached hydrogen (secondary N) is 1. The third-order valence-corrected chi connectivity index (χ3v) is 8.48. The van der Waals surface area contributed by atoms with Crippen LogP contribution in [0.25, 0.3) is 17.1 Å². The number of aliphatic imine (C=N–C) groups is 1. The van der Waals surface area contributed by atoms with E-state index in [1.807, 2.05) is 0 Å². The van der Waals surface area contributed by atoms with Gasteiger partial charge in [0.2, 0.25) is 0 Å². The van der Waals surface area contributed by atoms with Crippen LogP contribution in [0.2, 0.25) is 0 Å². The van der Waals surface area contributed by atoms with Gasteiger partial charge in [0.1, 0.15) is 12.1 Å². The van der Waals surface area contributed by atoms with Crippen molar-refractivity contribution in [3.63, 3.8) is 0 Å². The lowest BCUT2D eigenvalue weighted by atomic mass is 9.99. The number of rotatable bonds is 7. The minimum absolute atomic E-state index is 0.0786. The number of amides is 2. The monoisotopic (exact) mass is 647 g/mol. The lowest BCUT2D eigenvalue weighted by molar-refractivity contribution is -0.274. The first-order valence-electron chi connectivity index (χ1n) is 14.6. The molecule has 0 bridgehead atoms. The van der Waals surface area contributed by atoms with Crippen molar-refractivity contribution in [1.82, 2.24) is 20.1 Å². The Morgan fingerprint density at radius 1 is 1.13 bits per heavy atom. The van der Waals surface area contributed by atoms with Gasteiger partial charge in [0, 0.05) is 29.6 Å². The lowest BCUT2D eigenvalue weighted by Crippen LogP contribution is -2.43. The first-order chi connectivity index (χ1) is 21.9. The van der Waals surface area contributed by atoms with Gasteiger partial charge in [-0.1, -0.05) is 53.7 Å². The van der Waals surface area contributed by atoms with Gasteiger partial charge in [0.05, 0.1) is 17.7 Å². The fourth-order valence-electron chi connectivity index (χ4n) is 5.40. The third-order valence-electron chi connectivity index (χ3n) is 7.50. The van der Waals surface area contributed by atoms with E-state index < -0.39 is 18.3 Å². The van der Waals surface area contributed by atoms with Crippen LogP contribution in [0.1, 0.15) is 41.5 Å². The molecule has 0 radical (unpaired) electrons. The fraction of sp³-hybridized carbons (Fsp3) is 0.303. The number of aryl methyl sites for hydroxylation is 3. The summed E-state index contributed by atoms with van der Waals surface area (Å²) in [7, 11) is 0. The van der Waals surface area contributed by atoms with Crippen molar-refractivity contribution in [3.05, 3.63) is 89.2 Å². The van der Waals surface area contributed by atoms with Crippen molar-refractivity contribution in [2.75, 3.05) is 17.2 Å². The summed E-state index contributed by atoms with van der Waals surface area (Å²) >= 11 is 1.55. The number of aromatic nitrogens is 3. The number of hydrogen-bond donors (Lipinski definition) is 1. The standard InChI is InChI=1S/C33H32F3N7O2S/c1-20-15-21(2)29(22(3)16-20)43-23(4)13-14-46-32(43)40-31(44)38-18-26(17-37)24-5-7-25(8-6-24)30-39-19-42(41-30)27-9-11-28(12-10-27)45-33(34,35)36/h5-12,15-16,19,23,26H,13-14,18H2,1-4H3,(H,38,44). The van der Waals surface area contributed by atoms with Gasteiger partial charge in [0.25, 0.3) is 0 Å². The van der Waals surface area contributed by atoms with E-state index in [0.717, 1.165) is 29.0 Å². The van der Waals surface area contributed by atoms with Crippen LogP contribution in [-0.2, 0) is 0 Å². The summed E-state index contributed by atoms with van der Waals surface area (Å²) in [5, 5.41) is 17.7. The van der Waals surface area contributed by atoms with Gasteiger partial charge < -0.3 is 15.0 Å². The summed E-state index contributed by atoms with van der Waals surface area (Å²) in [6.45, 7) is 8.42. The molecule has 2 heterocycles. The van der Waals surface area contributed by atoms with Crippen molar-refractivity contribution >= 4 is 28.6 Å². The molecule has 1 saturated heterocycles. The summed E-state index contributed by atoms with van der Waals surface area (Å²) in [6.07, 6.45) is -2.35. The highest BCUT2D eigenvalue weighted by atomic mass is 32.2. The first-order valence-corrected chi connectivity index (χ1v) is 15.5. The maximum absolute atomic E-state index is 13.0. The number of anilines is 1. The maximum Gasteiger partial charge on any atom is 0.573 e. The van der Waals surface area contributed by atoms with E-state index in [4.69, 9.17) is 0 Å². The molecule has 2 amide bonds. The van der Waals surface area contributed by atoms with Crippen molar-refractivity contribution in [2.45, 2.75) is 52.4 Å². The Labute approximate surface area is 269 Å². The molecule has 0 aliphatic carbocycles. The van der Waals surface area contributed by atoms with Gasteiger partial charge in [-0.3, -0.25) is 0 Å². The first kappa shape index (κ1) is 32.6. The Morgan fingerprint density at radius 3 is 2.43 bits per heavy atom. The third kappa shape index (κ3) is 7.69. The smallest absolute Gasteiger partial charge is 0.406 e. The van der Waals surface area contributed by atoms with E-state index in [0.29, 0.717) is 27.8 Å². The Hall–Kier alpha value is -4.83. The zero-order valence-corrected chi connectivity index (χ0v) is 26.5. The molecule has 1 aliphatic heterocycles. The molecular formula is C33H32F3N7O2S. The predicted octanol–water partition coefficient (Wildman–Crippen LogP) is 7.46. The van der Waals surface area contributed by atoms with Crippen LogP contribution < -0.4 is 15.0 Å². The molecule has 2 atom stereocenters. The number of ether oxygens (including phenoxy) is 1. The number of carbonyl (C=O) groups excluding carboxylic acids is 1. The number of carbonyl (C=O) groups is 1. The van der Waals surface area contributed by atoms with Gasteiger partial charge >= 0.3 is 12.4 Å². The molecule has 1 N–H and O–H groups in total. The van der Waals surface area contributed by atoms with Crippen molar-refractivity contribution in [2.24, 2.45) is 4.99 Å². The highest BCUT2D eigenvalue weighted by Crippen LogP contribution is 2.34. The van der Waals surface area contributed by atoms with E-state index in [-0.39, 0.29) is 18.3 Å². The van der Waals surface area contributed by atoms with Crippen LogP contribution in [-0.4, -0.2) is 50.7 Å². The number of hydrogen-bond acceptors (Lipinski definition) is 6. The van der Waals surface area contributed by atoms with Crippen molar-refractivity contribution in [1.29, 1.82) is 5.26 Å². The molecule has 2 unspecified atom stereocenters. The van der Waals surface area contributed by atoms with Gasteiger partial charge in [-0.25, -0.2) is 14.5 Å². The summed E-state index contributed by atoms with van der Waals surface area (Å²) < 4.78 is 42.7. The van der Waals surface area contributed by atoms with E-state index >= 15 is 0 Å². The molecule has 1 aromatic heterocycles. The average Bonchev–Trinajstić information content (AvgIpc) is 3.49. The molecule has 46 heavy (non-hydrogen) atoms. The quantitative estimate of drug-likeness (QED) is 0.222. The molecule has 4 aromatic rings. The van der Waals surface area contributed by atoms with Gasteiger partial charge in [-0.05, 0) is 75.1 Å². The molecule has 1 fully saturated rings. The molecule has 13 heteroatoms. The van der Waals surface area contributed by atoms with Crippen LogP contribution in [0.5, 0.6) is 5.75 Å². The number of nitrogens with zero attached hydrogens (tertiary/aromatic N) is 6. The molecule has 238 valence electrons. The number of halogens is 3. The lowest BCUT2D eigenvalue weighted by Gasteiger charge is -2.37. The second kappa shape index (κ2) is 13.7. The van der Waals surface area contributed by atoms with Gasteiger partial charge in [-0.2, -0.15) is 10.3 Å². The van der Waals surface area contributed by atoms with Crippen LogP contribution in [0.4, 0.5) is 23.7 Å². The molecule has 0 saturated carbocycles. The molecule has 3 aromatic carbocycles. The Kier molecular flexibility index (Phi) is 9.67. The minimum Gasteiger partial charge on any atom is -0.406 e. The summed E-state index contributed by atoms with van der Waals surface area (Å²) in [5.41, 5.74) is 6.39.